The van der Waals surface area contributed by atoms with Gasteiger partial charge in [-0.25, -0.2) is 12.8 Å². The second-order valence-electron chi connectivity index (χ2n) is 7.26. The number of piperazine rings is 1. The third-order valence-electron chi connectivity index (χ3n) is 5.17. The van der Waals surface area contributed by atoms with Crippen molar-refractivity contribution in [2.75, 3.05) is 26.2 Å². The minimum atomic E-state index is -3.64. The van der Waals surface area contributed by atoms with Gasteiger partial charge >= 0.3 is 0 Å². The van der Waals surface area contributed by atoms with Gasteiger partial charge < -0.3 is 0 Å². The number of nitrogens with zero attached hydrogens (tertiary/aromatic N) is 3. The summed E-state index contributed by atoms with van der Waals surface area (Å²) in [7, 11) is -3.64. The van der Waals surface area contributed by atoms with Crippen LogP contribution in [0.15, 0.2) is 53.6 Å². The highest BCUT2D eigenvalue weighted by Crippen LogP contribution is 2.26. The van der Waals surface area contributed by atoms with Gasteiger partial charge in [-0.05, 0) is 42.3 Å². The SMILES string of the molecule is Cc1cnc2c(S(=O)(=O)N3CCN(Cc4ccc(F)cc4Cl)CC3)cccc2c1. The highest BCUT2D eigenvalue weighted by molar-refractivity contribution is 7.89. The molecule has 1 fully saturated rings. The number of halogens is 2. The van der Waals surface area contributed by atoms with Gasteiger partial charge in [0.25, 0.3) is 0 Å². The van der Waals surface area contributed by atoms with Crippen LogP contribution in [0, 0.1) is 12.7 Å². The molecule has 29 heavy (non-hydrogen) atoms. The number of benzene rings is 2. The Bertz CT molecular complexity index is 1160. The summed E-state index contributed by atoms with van der Waals surface area (Å²) in [4.78, 5) is 6.73. The number of hydrogen-bond donors (Lipinski definition) is 0. The molecule has 2 aromatic carbocycles. The van der Waals surface area contributed by atoms with Gasteiger partial charge in [0, 0.05) is 49.3 Å². The molecule has 5 nitrogen and oxygen atoms in total. The third kappa shape index (κ3) is 4.14. The van der Waals surface area contributed by atoms with E-state index in [4.69, 9.17) is 11.6 Å². The fourth-order valence-electron chi connectivity index (χ4n) is 3.61. The van der Waals surface area contributed by atoms with Gasteiger partial charge in [0.05, 0.1) is 5.52 Å². The number of fused-ring (bicyclic) bond motifs is 1. The minimum Gasteiger partial charge on any atom is -0.296 e. The minimum absolute atomic E-state index is 0.241. The van der Waals surface area contributed by atoms with Gasteiger partial charge in [-0.1, -0.05) is 29.8 Å². The molecule has 0 saturated carbocycles. The summed E-state index contributed by atoms with van der Waals surface area (Å²) in [5, 5.41) is 1.20. The average Bonchev–Trinajstić information content (AvgIpc) is 2.70. The Balaban J connectivity index is 1.51. The molecular weight excluding hydrogens is 413 g/mol. The van der Waals surface area contributed by atoms with Gasteiger partial charge in [-0.3, -0.25) is 9.88 Å². The Morgan fingerprint density at radius 1 is 1.10 bits per heavy atom. The van der Waals surface area contributed by atoms with E-state index in [9.17, 15) is 12.8 Å². The van der Waals surface area contributed by atoms with Gasteiger partial charge in [-0.2, -0.15) is 4.31 Å². The van der Waals surface area contributed by atoms with Crippen LogP contribution in [-0.4, -0.2) is 48.8 Å². The van der Waals surface area contributed by atoms with Crippen molar-refractivity contribution in [2.24, 2.45) is 0 Å². The lowest BCUT2D eigenvalue weighted by atomic mass is 10.2. The van der Waals surface area contributed by atoms with Crippen molar-refractivity contribution < 1.29 is 12.8 Å². The Morgan fingerprint density at radius 2 is 1.86 bits per heavy atom. The molecule has 0 N–H and O–H groups in total. The van der Waals surface area contributed by atoms with E-state index in [0.29, 0.717) is 43.3 Å². The Hall–Kier alpha value is -2.06. The molecular formula is C21H21ClFN3O2S. The van der Waals surface area contributed by atoms with E-state index in [0.717, 1.165) is 16.5 Å². The van der Waals surface area contributed by atoms with Crippen molar-refractivity contribution in [3.05, 3.63) is 70.6 Å². The zero-order chi connectivity index (χ0) is 20.6. The first kappa shape index (κ1) is 20.2. The van der Waals surface area contributed by atoms with E-state index in [2.05, 4.69) is 9.88 Å². The van der Waals surface area contributed by atoms with E-state index in [1.807, 2.05) is 19.1 Å². The van der Waals surface area contributed by atoms with Crippen LogP contribution in [0.1, 0.15) is 11.1 Å². The summed E-state index contributed by atoms with van der Waals surface area (Å²) < 4.78 is 41.2. The van der Waals surface area contributed by atoms with E-state index >= 15 is 0 Å². The Morgan fingerprint density at radius 3 is 2.59 bits per heavy atom. The third-order valence-corrected chi connectivity index (χ3v) is 7.45. The summed E-state index contributed by atoms with van der Waals surface area (Å²) in [5.41, 5.74) is 2.32. The van der Waals surface area contributed by atoms with Crippen molar-refractivity contribution in [2.45, 2.75) is 18.4 Å². The molecule has 0 radical (unpaired) electrons. The molecule has 1 aliphatic rings. The quantitative estimate of drug-likeness (QED) is 0.627. The standard InChI is InChI=1S/C21H21ClFN3O2S/c1-15-11-16-3-2-4-20(21(16)24-13-15)29(27,28)26-9-7-25(8-10-26)14-17-5-6-18(23)12-19(17)22/h2-6,11-13H,7-10,14H2,1H3. The van der Waals surface area contributed by atoms with Gasteiger partial charge in [-0.15, -0.1) is 0 Å². The second-order valence-corrected chi connectivity index (χ2v) is 9.57. The Kier molecular flexibility index (Phi) is 5.57. The topological polar surface area (TPSA) is 53.5 Å². The summed E-state index contributed by atoms with van der Waals surface area (Å²) >= 11 is 6.12. The van der Waals surface area contributed by atoms with Crippen LogP contribution in [0.2, 0.25) is 5.02 Å². The lowest BCUT2D eigenvalue weighted by Crippen LogP contribution is -2.48. The number of pyridine rings is 1. The fraction of sp³-hybridized carbons (Fsp3) is 0.286. The monoisotopic (exact) mass is 433 g/mol. The average molecular weight is 434 g/mol. The van der Waals surface area contributed by atoms with Crippen molar-refractivity contribution in [3.63, 3.8) is 0 Å². The molecule has 4 rings (SSSR count). The summed E-state index contributed by atoms with van der Waals surface area (Å²) in [5.74, 6) is -0.367. The zero-order valence-electron chi connectivity index (χ0n) is 16.0. The Labute approximate surface area is 174 Å². The first-order chi connectivity index (χ1) is 13.8. The number of para-hydroxylation sites is 1. The van der Waals surface area contributed by atoms with Crippen LogP contribution < -0.4 is 0 Å². The number of sulfonamides is 1. The van der Waals surface area contributed by atoms with Gasteiger partial charge in [0.15, 0.2) is 0 Å². The van der Waals surface area contributed by atoms with Crippen LogP contribution in [0.3, 0.4) is 0 Å². The fourth-order valence-corrected chi connectivity index (χ4v) is 5.42. The van der Waals surface area contributed by atoms with Crippen molar-refractivity contribution in [1.29, 1.82) is 0 Å². The lowest BCUT2D eigenvalue weighted by molar-refractivity contribution is 0.181. The second kappa shape index (κ2) is 7.99. The van der Waals surface area contributed by atoms with E-state index < -0.39 is 10.0 Å². The molecule has 152 valence electrons. The highest BCUT2D eigenvalue weighted by Gasteiger charge is 2.30. The van der Waals surface area contributed by atoms with Crippen LogP contribution in [-0.2, 0) is 16.6 Å². The smallest absolute Gasteiger partial charge is 0.245 e. The molecule has 2 heterocycles. The number of aromatic nitrogens is 1. The van der Waals surface area contributed by atoms with Crippen LogP contribution in [0.4, 0.5) is 4.39 Å². The highest BCUT2D eigenvalue weighted by atomic mass is 35.5. The molecule has 1 aliphatic heterocycles. The maximum atomic E-state index is 13.2. The predicted octanol–water partition coefficient (Wildman–Crippen LogP) is 3.84. The maximum Gasteiger partial charge on any atom is 0.245 e. The molecule has 3 aromatic rings. The normalized spacial score (nSPS) is 16.4. The molecule has 0 amide bonds. The lowest BCUT2D eigenvalue weighted by Gasteiger charge is -2.34. The summed E-state index contributed by atoms with van der Waals surface area (Å²) in [6, 6.07) is 11.5. The number of rotatable bonds is 4. The van der Waals surface area contributed by atoms with Crippen LogP contribution in [0.25, 0.3) is 10.9 Å². The number of aryl methyl sites for hydroxylation is 1. The van der Waals surface area contributed by atoms with Crippen LogP contribution in [0.5, 0.6) is 0 Å². The van der Waals surface area contributed by atoms with Crippen molar-refractivity contribution in [1.82, 2.24) is 14.2 Å². The molecule has 0 unspecified atom stereocenters. The molecule has 0 atom stereocenters. The van der Waals surface area contributed by atoms with E-state index in [1.165, 1.54) is 16.4 Å². The largest absolute Gasteiger partial charge is 0.296 e. The summed E-state index contributed by atoms with van der Waals surface area (Å²) in [6.45, 7) is 4.39. The van der Waals surface area contributed by atoms with Crippen molar-refractivity contribution >= 4 is 32.5 Å². The van der Waals surface area contributed by atoms with E-state index in [1.54, 1.807) is 24.4 Å². The summed E-state index contributed by atoms with van der Waals surface area (Å²) in [6.07, 6.45) is 1.69. The molecule has 0 spiro atoms. The molecule has 1 aromatic heterocycles. The number of hydrogen-bond acceptors (Lipinski definition) is 4. The molecule has 0 aliphatic carbocycles. The zero-order valence-corrected chi connectivity index (χ0v) is 17.5. The molecule has 8 heteroatoms. The molecule has 1 saturated heterocycles. The first-order valence-corrected chi connectivity index (χ1v) is 11.2. The predicted molar refractivity (Wildman–Crippen MR) is 112 cm³/mol. The first-order valence-electron chi connectivity index (χ1n) is 9.36. The van der Waals surface area contributed by atoms with Gasteiger partial charge in [0.1, 0.15) is 10.7 Å². The maximum absolute atomic E-state index is 13.2. The molecule has 0 bridgehead atoms. The van der Waals surface area contributed by atoms with Crippen molar-refractivity contribution in [3.8, 4) is 0 Å². The van der Waals surface area contributed by atoms with E-state index in [-0.39, 0.29) is 10.7 Å². The van der Waals surface area contributed by atoms with Crippen LogP contribution >= 0.6 is 11.6 Å². The van der Waals surface area contributed by atoms with Gasteiger partial charge in [0.2, 0.25) is 10.0 Å².